The van der Waals surface area contributed by atoms with Crippen molar-refractivity contribution in [3.8, 4) is 5.75 Å². The maximum Gasteiger partial charge on any atom is 0.138 e. The Morgan fingerprint density at radius 3 is 2.55 bits per heavy atom. The molecule has 1 atom stereocenters. The molecule has 0 saturated heterocycles. The summed E-state index contributed by atoms with van der Waals surface area (Å²) >= 11 is 12.0. The Hall–Kier alpha value is -1.29. The molecule has 0 radical (unpaired) electrons. The SMILES string of the molecule is C[C@H](O)c1ccc(OCc2c(F)cccc2Cl)c(Cl)c1. The molecule has 2 aromatic carbocycles. The van der Waals surface area contributed by atoms with Crippen LogP contribution in [0.15, 0.2) is 36.4 Å². The van der Waals surface area contributed by atoms with E-state index in [4.69, 9.17) is 27.9 Å². The van der Waals surface area contributed by atoms with Crippen molar-refractivity contribution in [2.45, 2.75) is 19.6 Å². The van der Waals surface area contributed by atoms with Gasteiger partial charge in [0.25, 0.3) is 0 Å². The molecule has 0 fully saturated rings. The maximum atomic E-state index is 13.6. The maximum absolute atomic E-state index is 13.6. The molecule has 0 bridgehead atoms. The molecule has 5 heteroatoms. The second-order valence-electron chi connectivity index (χ2n) is 4.35. The molecule has 0 aliphatic heterocycles. The number of benzene rings is 2. The van der Waals surface area contributed by atoms with Crippen LogP contribution < -0.4 is 4.74 Å². The summed E-state index contributed by atoms with van der Waals surface area (Å²) < 4.78 is 19.1. The van der Waals surface area contributed by atoms with E-state index in [0.29, 0.717) is 21.4 Å². The monoisotopic (exact) mass is 314 g/mol. The summed E-state index contributed by atoms with van der Waals surface area (Å²) in [6, 6.07) is 9.41. The minimum Gasteiger partial charge on any atom is -0.487 e. The van der Waals surface area contributed by atoms with E-state index in [1.165, 1.54) is 12.1 Å². The van der Waals surface area contributed by atoms with E-state index in [-0.39, 0.29) is 12.2 Å². The Morgan fingerprint density at radius 2 is 1.95 bits per heavy atom. The highest BCUT2D eigenvalue weighted by Crippen LogP contribution is 2.29. The van der Waals surface area contributed by atoms with Gasteiger partial charge in [-0.15, -0.1) is 0 Å². The molecular weight excluding hydrogens is 302 g/mol. The lowest BCUT2D eigenvalue weighted by atomic mass is 10.1. The van der Waals surface area contributed by atoms with Gasteiger partial charge in [0, 0.05) is 5.56 Å². The van der Waals surface area contributed by atoms with Crippen molar-refractivity contribution in [3.05, 3.63) is 63.4 Å². The number of hydrogen-bond donors (Lipinski definition) is 1. The van der Waals surface area contributed by atoms with E-state index in [1.807, 2.05) is 0 Å². The predicted molar refractivity (Wildman–Crippen MR) is 77.8 cm³/mol. The van der Waals surface area contributed by atoms with Gasteiger partial charge in [-0.05, 0) is 36.8 Å². The smallest absolute Gasteiger partial charge is 0.138 e. The van der Waals surface area contributed by atoms with Crippen LogP contribution in [-0.4, -0.2) is 5.11 Å². The number of ether oxygens (including phenoxy) is 1. The summed E-state index contributed by atoms with van der Waals surface area (Å²) in [7, 11) is 0. The molecule has 0 heterocycles. The molecule has 106 valence electrons. The van der Waals surface area contributed by atoms with Gasteiger partial charge in [0.2, 0.25) is 0 Å². The highest BCUT2D eigenvalue weighted by atomic mass is 35.5. The second kappa shape index (κ2) is 6.44. The van der Waals surface area contributed by atoms with Crippen LogP contribution in [0.4, 0.5) is 4.39 Å². The van der Waals surface area contributed by atoms with Gasteiger partial charge in [-0.2, -0.15) is 0 Å². The van der Waals surface area contributed by atoms with Crippen molar-refractivity contribution >= 4 is 23.2 Å². The van der Waals surface area contributed by atoms with E-state index in [0.717, 1.165) is 0 Å². The van der Waals surface area contributed by atoms with Crippen LogP contribution >= 0.6 is 23.2 Å². The quantitative estimate of drug-likeness (QED) is 0.881. The number of halogens is 3. The summed E-state index contributed by atoms with van der Waals surface area (Å²) in [6.45, 7) is 1.63. The molecule has 2 aromatic rings. The third-order valence-electron chi connectivity index (χ3n) is 2.87. The van der Waals surface area contributed by atoms with Gasteiger partial charge in [-0.1, -0.05) is 35.3 Å². The largest absolute Gasteiger partial charge is 0.487 e. The van der Waals surface area contributed by atoms with Crippen LogP contribution in [0.2, 0.25) is 10.0 Å². The van der Waals surface area contributed by atoms with Crippen molar-refractivity contribution in [2.24, 2.45) is 0 Å². The third kappa shape index (κ3) is 3.42. The predicted octanol–water partition coefficient (Wildman–Crippen LogP) is 4.76. The van der Waals surface area contributed by atoms with Crippen LogP contribution in [-0.2, 0) is 6.61 Å². The van der Waals surface area contributed by atoms with Crippen molar-refractivity contribution in [2.75, 3.05) is 0 Å². The average Bonchev–Trinajstić information content (AvgIpc) is 2.39. The zero-order chi connectivity index (χ0) is 14.7. The highest BCUT2D eigenvalue weighted by Gasteiger charge is 2.10. The highest BCUT2D eigenvalue weighted by molar-refractivity contribution is 6.32. The first-order valence-electron chi connectivity index (χ1n) is 6.02. The van der Waals surface area contributed by atoms with Crippen LogP contribution in [0.1, 0.15) is 24.2 Å². The molecule has 1 N–H and O–H groups in total. The minimum atomic E-state index is -0.609. The first-order valence-corrected chi connectivity index (χ1v) is 6.78. The van der Waals surface area contributed by atoms with Crippen LogP contribution in [0.5, 0.6) is 5.75 Å². The van der Waals surface area contributed by atoms with Gasteiger partial charge >= 0.3 is 0 Å². The molecule has 0 spiro atoms. The van der Waals surface area contributed by atoms with Gasteiger partial charge in [-0.3, -0.25) is 0 Å². The molecule has 0 aliphatic rings. The molecule has 2 nitrogen and oxygen atoms in total. The van der Waals surface area contributed by atoms with E-state index in [2.05, 4.69) is 0 Å². The molecule has 0 aromatic heterocycles. The summed E-state index contributed by atoms with van der Waals surface area (Å²) in [4.78, 5) is 0. The number of aliphatic hydroxyl groups excluding tert-OH is 1. The Labute approximate surface area is 126 Å². The van der Waals surface area contributed by atoms with Crippen LogP contribution in [0.25, 0.3) is 0 Å². The standard InChI is InChI=1S/C15H13Cl2FO2/c1-9(19)10-5-6-15(13(17)7-10)20-8-11-12(16)3-2-4-14(11)18/h2-7,9,19H,8H2,1H3/t9-/m0/s1. The van der Waals surface area contributed by atoms with Gasteiger partial charge in [-0.25, -0.2) is 4.39 Å². The van der Waals surface area contributed by atoms with Crippen molar-refractivity contribution in [1.82, 2.24) is 0 Å². The first-order chi connectivity index (χ1) is 9.49. The molecule has 20 heavy (non-hydrogen) atoms. The molecule has 0 unspecified atom stereocenters. The fraction of sp³-hybridized carbons (Fsp3) is 0.200. The van der Waals surface area contributed by atoms with E-state index >= 15 is 0 Å². The Bertz CT molecular complexity index is 595. The fourth-order valence-electron chi connectivity index (χ4n) is 1.71. The summed E-state index contributed by atoms with van der Waals surface area (Å²) in [5.41, 5.74) is 0.969. The molecular formula is C15H13Cl2FO2. The van der Waals surface area contributed by atoms with Gasteiger partial charge in [0.05, 0.1) is 16.1 Å². The van der Waals surface area contributed by atoms with Crippen molar-refractivity contribution in [3.63, 3.8) is 0 Å². The topological polar surface area (TPSA) is 29.5 Å². The molecule has 0 aliphatic carbocycles. The third-order valence-corrected chi connectivity index (χ3v) is 3.52. The lowest BCUT2D eigenvalue weighted by Gasteiger charge is -2.12. The zero-order valence-corrected chi connectivity index (χ0v) is 12.2. The average molecular weight is 315 g/mol. The van der Waals surface area contributed by atoms with E-state index in [1.54, 1.807) is 31.2 Å². The Morgan fingerprint density at radius 1 is 1.20 bits per heavy atom. The normalized spacial score (nSPS) is 12.2. The number of rotatable bonds is 4. The van der Waals surface area contributed by atoms with Gasteiger partial charge in [0.15, 0.2) is 0 Å². The number of hydrogen-bond acceptors (Lipinski definition) is 2. The molecule has 0 saturated carbocycles. The lowest BCUT2D eigenvalue weighted by Crippen LogP contribution is -2.00. The van der Waals surface area contributed by atoms with E-state index in [9.17, 15) is 9.50 Å². The summed E-state index contributed by atoms with van der Waals surface area (Å²) in [5.74, 6) is -0.00962. The van der Waals surface area contributed by atoms with E-state index < -0.39 is 11.9 Å². The zero-order valence-electron chi connectivity index (χ0n) is 10.7. The van der Waals surface area contributed by atoms with Crippen LogP contribution in [0, 0.1) is 5.82 Å². The van der Waals surface area contributed by atoms with Crippen molar-refractivity contribution < 1.29 is 14.2 Å². The minimum absolute atomic E-state index is 0.0146. The molecule has 0 amide bonds. The van der Waals surface area contributed by atoms with Gasteiger partial charge in [0.1, 0.15) is 18.2 Å². The second-order valence-corrected chi connectivity index (χ2v) is 5.17. The molecule has 2 rings (SSSR count). The lowest BCUT2D eigenvalue weighted by molar-refractivity contribution is 0.199. The van der Waals surface area contributed by atoms with Crippen molar-refractivity contribution in [1.29, 1.82) is 0 Å². The summed E-state index contributed by atoms with van der Waals surface area (Å²) in [6.07, 6.45) is -0.609. The van der Waals surface area contributed by atoms with Crippen LogP contribution in [0.3, 0.4) is 0 Å². The Kier molecular flexibility index (Phi) is 4.86. The Balaban J connectivity index is 2.15. The first kappa shape index (κ1) is 15.1. The number of aliphatic hydroxyl groups is 1. The summed E-state index contributed by atoms with van der Waals surface area (Å²) in [5, 5.41) is 10.1. The van der Waals surface area contributed by atoms with Gasteiger partial charge < -0.3 is 9.84 Å². The fourth-order valence-corrected chi connectivity index (χ4v) is 2.18.